The fourth-order valence-corrected chi connectivity index (χ4v) is 2.08. The smallest absolute Gasteiger partial charge is 0.164 e. The molecule has 1 aromatic heterocycles. The monoisotopic (exact) mass is 286 g/mol. The van der Waals surface area contributed by atoms with Crippen molar-refractivity contribution in [3.8, 4) is 0 Å². The van der Waals surface area contributed by atoms with Crippen molar-refractivity contribution < 1.29 is 9.18 Å². The van der Waals surface area contributed by atoms with E-state index in [2.05, 4.69) is 9.88 Å². The second-order valence-corrected chi connectivity index (χ2v) is 5.23. The highest BCUT2D eigenvalue weighted by atomic mass is 19.1. The third-order valence-corrected chi connectivity index (χ3v) is 3.42. The second kappa shape index (κ2) is 7.09. The molecule has 3 nitrogen and oxygen atoms in total. The maximum Gasteiger partial charge on any atom is 0.164 e. The Hall–Kier alpha value is -2.07. The SMILES string of the molecule is Cc1ccc(C(=O)CCN(C)Cc2ccncc2)cc1F. The van der Waals surface area contributed by atoms with E-state index < -0.39 is 0 Å². The molecule has 0 atom stereocenters. The van der Waals surface area contributed by atoms with Crippen LogP contribution in [0.4, 0.5) is 4.39 Å². The van der Waals surface area contributed by atoms with Crippen LogP contribution in [0.15, 0.2) is 42.7 Å². The van der Waals surface area contributed by atoms with E-state index in [0.717, 1.165) is 12.1 Å². The van der Waals surface area contributed by atoms with Crippen molar-refractivity contribution in [1.82, 2.24) is 9.88 Å². The Morgan fingerprint density at radius 2 is 1.95 bits per heavy atom. The molecule has 0 aliphatic heterocycles. The number of carbonyl (C=O) groups is 1. The van der Waals surface area contributed by atoms with Gasteiger partial charge in [0.25, 0.3) is 0 Å². The number of aryl methyl sites for hydroxylation is 1. The lowest BCUT2D eigenvalue weighted by atomic mass is 10.1. The molecule has 0 fully saturated rings. The number of rotatable bonds is 6. The molecule has 0 N–H and O–H groups in total. The minimum absolute atomic E-state index is 0.0320. The van der Waals surface area contributed by atoms with Gasteiger partial charge in [-0.05, 0) is 43.3 Å². The van der Waals surface area contributed by atoms with Crippen LogP contribution in [-0.4, -0.2) is 29.3 Å². The zero-order chi connectivity index (χ0) is 15.2. The summed E-state index contributed by atoms with van der Waals surface area (Å²) in [5, 5.41) is 0. The van der Waals surface area contributed by atoms with Crippen LogP contribution in [0.3, 0.4) is 0 Å². The van der Waals surface area contributed by atoms with Crippen molar-refractivity contribution in [2.24, 2.45) is 0 Å². The average Bonchev–Trinajstić information content (AvgIpc) is 2.48. The maximum atomic E-state index is 13.5. The Kier molecular flexibility index (Phi) is 5.17. The van der Waals surface area contributed by atoms with Gasteiger partial charge in [-0.15, -0.1) is 0 Å². The van der Waals surface area contributed by atoms with Gasteiger partial charge in [-0.1, -0.05) is 12.1 Å². The van der Waals surface area contributed by atoms with E-state index in [1.54, 1.807) is 31.5 Å². The number of Topliss-reactive ketones (excluding diaryl/α,β-unsaturated/α-hetero) is 1. The summed E-state index contributed by atoms with van der Waals surface area (Å²) in [4.78, 5) is 18.1. The molecule has 0 aliphatic rings. The average molecular weight is 286 g/mol. The summed E-state index contributed by atoms with van der Waals surface area (Å²) in [6, 6.07) is 8.55. The highest BCUT2D eigenvalue weighted by Crippen LogP contribution is 2.11. The molecule has 0 amide bonds. The van der Waals surface area contributed by atoms with Crippen LogP contribution in [0.5, 0.6) is 0 Å². The third-order valence-electron chi connectivity index (χ3n) is 3.42. The maximum absolute atomic E-state index is 13.5. The van der Waals surface area contributed by atoms with Crippen molar-refractivity contribution in [3.05, 3.63) is 65.2 Å². The molecule has 2 rings (SSSR count). The van der Waals surface area contributed by atoms with Gasteiger partial charge in [-0.25, -0.2) is 4.39 Å². The molecule has 0 bridgehead atoms. The molecule has 2 aromatic rings. The van der Waals surface area contributed by atoms with Crippen LogP contribution in [0.25, 0.3) is 0 Å². The molecular weight excluding hydrogens is 267 g/mol. The number of nitrogens with zero attached hydrogens (tertiary/aromatic N) is 2. The third kappa shape index (κ3) is 4.46. The van der Waals surface area contributed by atoms with E-state index in [0.29, 0.717) is 24.1 Å². The van der Waals surface area contributed by atoms with Gasteiger partial charge in [0.05, 0.1) is 0 Å². The topological polar surface area (TPSA) is 33.2 Å². The summed E-state index contributed by atoms with van der Waals surface area (Å²) in [5.74, 6) is -0.360. The van der Waals surface area contributed by atoms with Gasteiger partial charge in [0.2, 0.25) is 0 Å². The van der Waals surface area contributed by atoms with Gasteiger partial charge in [0.1, 0.15) is 5.82 Å². The van der Waals surface area contributed by atoms with E-state index in [-0.39, 0.29) is 11.6 Å². The first-order valence-electron chi connectivity index (χ1n) is 6.93. The largest absolute Gasteiger partial charge is 0.302 e. The molecule has 21 heavy (non-hydrogen) atoms. The summed E-state index contributed by atoms with van der Waals surface area (Å²) < 4.78 is 13.5. The van der Waals surface area contributed by atoms with Gasteiger partial charge in [0, 0.05) is 37.5 Å². The Labute approximate surface area is 124 Å². The number of halogens is 1. The Morgan fingerprint density at radius 1 is 1.24 bits per heavy atom. The second-order valence-electron chi connectivity index (χ2n) is 5.23. The molecule has 0 spiro atoms. The summed E-state index contributed by atoms with van der Waals surface area (Å²) in [6.45, 7) is 3.08. The fraction of sp³-hybridized carbons (Fsp3) is 0.294. The number of benzene rings is 1. The van der Waals surface area contributed by atoms with E-state index >= 15 is 0 Å². The van der Waals surface area contributed by atoms with Crippen LogP contribution in [0.2, 0.25) is 0 Å². The molecular formula is C17H19FN2O. The van der Waals surface area contributed by atoms with Gasteiger partial charge in [0.15, 0.2) is 5.78 Å². The van der Waals surface area contributed by atoms with Crippen LogP contribution in [-0.2, 0) is 6.54 Å². The minimum atomic E-state index is -0.328. The Balaban J connectivity index is 1.87. The predicted octanol–water partition coefficient (Wildman–Crippen LogP) is 3.23. The molecule has 0 unspecified atom stereocenters. The van der Waals surface area contributed by atoms with Gasteiger partial charge < -0.3 is 4.90 Å². The lowest BCUT2D eigenvalue weighted by molar-refractivity contribution is 0.0967. The molecule has 1 aromatic carbocycles. The van der Waals surface area contributed by atoms with E-state index in [9.17, 15) is 9.18 Å². The predicted molar refractivity (Wildman–Crippen MR) is 80.7 cm³/mol. The summed E-state index contributed by atoms with van der Waals surface area (Å²) in [7, 11) is 1.96. The fourth-order valence-electron chi connectivity index (χ4n) is 2.08. The molecule has 0 saturated heterocycles. The van der Waals surface area contributed by atoms with Crippen LogP contribution in [0, 0.1) is 12.7 Å². The number of hydrogen-bond acceptors (Lipinski definition) is 3. The molecule has 0 aliphatic carbocycles. The summed E-state index contributed by atoms with van der Waals surface area (Å²) in [5.41, 5.74) is 2.15. The zero-order valence-corrected chi connectivity index (χ0v) is 12.3. The zero-order valence-electron chi connectivity index (χ0n) is 12.3. The minimum Gasteiger partial charge on any atom is -0.302 e. The summed E-state index contributed by atoms with van der Waals surface area (Å²) in [6.07, 6.45) is 3.89. The molecule has 0 radical (unpaired) electrons. The van der Waals surface area contributed by atoms with Crippen LogP contribution in [0.1, 0.15) is 27.9 Å². The van der Waals surface area contributed by atoms with E-state index in [4.69, 9.17) is 0 Å². The summed E-state index contributed by atoms with van der Waals surface area (Å²) >= 11 is 0. The molecule has 110 valence electrons. The van der Waals surface area contributed by atoms with Crippen molar-refractivity contribution in [3.63, 3.8) is 0 Å². The lowest BCUT2D eigenvalue weighted by Gasteiger charge is -2.16. The molecule has 1 heterocycles. The van der Waals surface area contributed by atoms with Gasteiger partial charge in [-0.3, -0.25) is 9.78 Å². The first-order chi connectivity index (χ1) is 10.1. The normalized spacial score (nSPS) is 10.9. The number of hydrogen-bond donors (Lipinski definition) is 0. The highest BCUT2D eigenvalue weighted by Gasteiger charge is 2.10. The number of ketones is 1. The lowest BCUT2D eigenvalue weighted by Crippen LogP contribution is -2.21. The quantitative estimate of drug-likeness (QED) is 0.764. The van der Waals surface area contributed by atoms with Gasteiger partial charge in [-0.2, -0.15) is 0 Å². The number of carbonyl (C=O) groups excluding carboxylic acids is 1. The first kappa shape index (κ1) is 15.3. The highest BCUT2D eigenvalue weighted by molar-refractivity contribution is 5.96. The van der Waals surface area contributed by atoms with E-state index in [1.165, 1.54) is 6.07 Å². The molecule has 0 saturated carbocycles. The van der Waals surface area contributed by atoms with Crippen LogP contribution < -0.4 is 0 Å². The van der Waals surface area contributed by atoms with Crippen molar-refractivity contribution in [2.45, 2.75) is 19.9 Å². The van der Waals surface area contributed by atoms with Crippen molar-refractivity contribution in [1.29, 1.82) is 0 Å². The van der Waals surface area contributed by atoms with Crippen LogP contribution >= 0.6 is 0 Å². The number of pyridine rings is 1. The van der Waals surface area contributed by atoms with Gasteiger partial charge >= 0.3 is 0 Å². The Morgan fingerprint density at radius 3 is 2.62 bits per heavy atom. The van der Waals surface area contributed by atoms with Crippen molar-refractivity contribution >= 4 is 5.78 Å². The van der Waals surface area contributed by atoms with E-state index in [1.807, 2.05) is 19.2 Å². The Bertz CT molecular complexity index is 613. The first-order valence-corrected chi connectivity index (χ1v) is 6.93. The number of aromatic nitrogens is 1. The standard InChI is InChI=1S/C17H19FN2O/c1-13-3-4-15(11-16(13)18)17(21)7-10-20(2)12-14-5-8-19-9-6-14/h3-6,8-9,11H,7,10,12H2,1-2H3. The van der Waals surface area contributed by atoms with Crippen molar-refractivity contribution in [2.75, 3.05) is 13.6 Å². The molecule has 4 heteroatoms.